The molecule has 1 fully saturated rings. The molecule has 0 spiro atoms. The Balaban J connectivity index is 1.50. The predicted octanol–water partition coefficient (Wildman–Crippen LogP) is 3.08. The minimum atomic E-state index is 0.506. The van der Waals surface area contributed by atoms with Crippen molar-refractivity contribution in [2.45, 2.75) is 44.6 Å². The number of hydrogen-bond donors (Lipinski definition) is 1. The minimum absolute atomic E-state index is 0.506. The lowest BCUT2D eigenvalue weighted by atomic mass is 9.87. The molecular formula is C21H35N3O. The summed E-state index contributed by atoms with van der Waals surface area (Å²) in [4.78, 5) is 4.77. The van der Waals surface area contributed by atoms with Crippen molar-refractivity contribution in [2.24, 2.45) is 0 Å². The van der Waals surface area contributed by atoms with E-state index in [9.17, 15) is 0 Å². The lowest BCUT2D eigenvalue weighted by Gasteiger charge is -2.28. The maximum absolute atomic E-state index is 6.05. The molecule has 1 N–H and O–H groups in total. The van der Waals surface area contributed by atoms with Crippen LogP contribution in [0.2, 0.25) is 0 Å². The van der Waals surface area contributed by atoms with Crippen LogP contribution >= 0.6 is 0 Å². The van der Waals surface area contributed by atoms with Gasteiger partial charge in [0.25, 0.3) is 0 Å². The fourth-order valence-electron chi connectivity index (χ4n) is 4.03. The highest BCUT2D eigenvalue weighted by atomic mass is 16.5. The zero-order valence-electron chi connectivity index (χ0n) is 16.1. The second kappa shape index (κ2) is 9.56. The number of piperidine rings is 1. The standard InChI is InChI=1S/C21H35N3O/c1-23(2)14-11-22-21-8-6-7-18-17-19(9-10-20(18)21)25-16-15-24-12-4-3-5-13-24/h9-10,17,21-22H,3-8,11-16H2,1-2H3. The molecule has 1 aliphatic heterocycles. The Morgan fingerprint density at radius 2 is 2.00 bits per heavy atom. The third-order valence-electron chi connectivity index (χ3n) is 5.50. The summed E-state index contributed by atoms with van der Waals surface area (Å²) in [5.74, 6) is 1.05. The van der Waals surface area contributed by atoms with Crippen LogP contribution in [0.15, 0.2) is 18.2 Å². The molecule has 140 valence electrons. The Bertz CT molecular complexity index is 526. The fraction of sp³-hybridized carbons (Fsp3) is 0.714. The first kappa shape index (κ1) is 18.7. The normalized spacial score (nSPS) is 21.3. The van der Waals surface area contributed by atoms with E-state index in [4.69, 9.17) is 4.74 Å². The molecular weight excluding hydrogens is 310 g/mol. The number of fused-ring (bicyclic) bond motifs is 1. The summed E-state index contributed by atoms with van der Waals surface area (Å²) in [5, 5.41) is 3.73. The molecule has 1 atom stereocenters. The average Bonchev–Trinajstić information content (AvgIpc) is 2.62. The maximum Gasteiger partial charge on any atom is 0.119 e. The zero-order chi connectivity index (χ0) is 17.5. The van der Waals surface area contributed by atoms with Crippen molar-refractivity contribution >= 4 is 0 Å². The molecule has 1 saturated heterocycles. The van der Waals surface area contributed by atoms with Gasteiger partial charge in [-0.1, -0.05) is 12.5 Å². The molecule has 4 nitrogen and oxygen atoms in total. The second-order valence-electron chi connectivity index (χ2n) is 7.81. The van der Waals surface area contributed by atoms with Gasteiger partial charge in [-0.3, -0.25) is 4.90 Å². The summed E-state index contributed by atoms with van der Waals surface area (Å²) in [6.45, 7) is 6.49. The van der Waals surface area contributed by atoms with Gasteiger partial charge < -0.3 is 15.0 Å². The van der Waals surface area contributed by atoms with Crippen molar-refractivity contribution in [3.8, 4) is 5.75 Å². The van der Waals surface area contributed by atoms with Crippen LogP contribution in [0.1, 0.15) is 49.3 Å². The van der Waals surface area contributed by atoms with Gasteiger partial charge in [0.1, 0.15) is 12.4 Å². The van der Waals surface area contributed by atoms with Crippen LogP contribution in [0, 0.1) is 0 Å². The SMILES string of the molecule is CN(C)CCNC1CCCc2cc(OCCN3CCCCC3)ccc21. The summed E-state index contributed by atoms with van der Waals surface area (Å²) in [6, 6.07) is 7.25. The molecule has 25 heavy (non-hydrogen) atoms. The van der Waals surface area contributed by atoms with E-state index in [0.29, 0.717) is 6.04 Å². The Hall–Kier alpha value is -1.10. The Morgan fingerprint density at radius 3 is 2.80 bits per heavy atom. The van der Waals surface area contributed by atoms with Crippen molar-refractivity contribution in [3.05, 3.63) is 29.3 Å². The first-order chi connectivity index (χ1) is 12.2. The largest absolute Gasteiger partial charge is 0.492 e. The number of ether oxygens (including phenoxy) is 1. The smallest absolute Gasteiger partial charge is 0.119 e. The Labute approximate surface area is 153 Å². The maximum atomic E-state index is 6.05. The van der Waals surface area contributed by atoms with Crippen molar-refractivity contribution in [1.82, 2.24) is 15.1 Å². The highest BCUT2D eigenvalue weighted by molar-refractivity contribution is 5.39. The van der Waals surface area contributed by atoms with E-state index in [1.807, 2.05) is 0 Å². The fourth-order valence-corrected chi connectivity index (χ4v) is 4.03. The lowest BCUT2D eigenvalue weighted by Crippen LogP contribution is -2.33. The third-order valence-corrected chi connectivity index (χ3v) is 5.50. The molecule has 0 saturated carbocycles. The molecule has 0 aromatic heterocycles. The number of likely N-dealkylation sites (N-methyl/N-ethyl adjacent to an activating group) is 1. The summed E-state index contributed by atoms with van der Waals surface area (Å²) in [5.41, 5.74) is 2.96. The molecule has 1 aliphatic carbocycles. The van der Waals surface area contributed by atoms with Crippen molar-refractivity contribution in [1.29, 1.82) is 0 Å². The monoisotopic (exact) mass is 345 g/mol. The number of hydrogen-bond acceptors (Lipinski definition) is 4. The molecule has 1 aromatic carbocycles. The summed E-state index contributed by atoms with van der Waals surface area (Å²) >= 11 is 0. The van der Waals surface area contributed by atoms with E-state index in [2.05, 4.69) is 47.4 Å². The first-order valence-electron chi connectivity index (χ1n) is 10.1. The van der Waals surface area contributed by atoms with E-state index >= 15 is 0 Å². The van der Waals surface area contributed by atoms with E-state index in [1.165, 1.54) is 62.7 Å². The van der Waals surface area contributed by atoms with Gasteiger partial charge in [0.2, 0.25) is 0 Å². The van der Waals surface area contributed by atoms with Crippen LogP contribution in [0.4, 0.5) is 0 Å². The van der Waals surface area contributed by atoms with Gasteiger partial charge in [0, 0.05) is 25.7 Å². The second-order valence-corrected chi connectivity index (χ2v) is 7.81. The van der Waals surface area contributed by atoms with Gasteiger partial charge in [0.15, 0.2) is 0 Å². The molecule has 2 aliphatic rings. The molecule has 4 heteroatoms. The molecule has 1 heterocycles. The van der Waals surface area contributed by atoms with Gasteiger partial charge in [-0.15, -0.1) is 0 Å². The first-order valence-corrected chi connectivity index (χ1v) is 10.1. The molecule has 1 unspecified atom stereocenters. The molecule has 0 amide bonds. The van der Waals surface area contributed by atoms with Crippen LogP contribution in [0.3, 0.4) is 0 Å². The summed E-state index contributed by atoms with van der Waals surface area (Å²) in [6.07, 6.45) is 7.79. The number of nitrogens with zero attached hydrogens (tertiary/aromatic N) is 2. The van der Waals surface area contributed by atoms with Gasteiger partial charge in [0.05, 0.1) is 0 Å². The van der Waals surface area contributed by atoms with Crippen molar-refractivity contribution < 1.29 is 4.74 Å². The average molecular weight is 346 g/mol. The number of nitrogens with one attached hydrogen (secondary N) is 1. The van der Waals surface area contributed by atoms with Crippen LogP contribution in [-0.2, 0) is 6.42 Å². The summed E-state index contributed by atoms with van der Waals surface area (Å²) in [7, 11) is 4.26. The highest BCUT2D eigenvalue weighted by Crippen LogP contribution is 2.32. The van der Waals surface area contributed by atoms with Gasteiger partial charge >= 0.3 is 0 Å². The highest BCUT2D eigenvalue weighted by Gasteiger charge is 2.20. The third kappa shape index (κ3) is 5.70. The van der Waals surface area contributed by atoms with Gasteiger partial charge in [-0.2, -0.15) is 0 Å². The summed E-state index contributed by atoms with van der Waals surface area (Å²) < 4.78 is 6.05. The minimum Gasteiger partial charge on any atom is -0.492 e. The number of aryl methyl sites for hydroxylation is 1. The quantitative estimate of drug-likeness (QED) is 0.784. The van der Waals surface area contributed by atoms with Crippen LogP contribution in [-0.4, -0.2) is 63.2 Å². The van der Waals surface area contributed by atoms with Gasteiger partial charge in [-0.05, 0) is 82.5 Å². The van der Waals surface area contributed by atoms with Crippen molar-refractivity contribution in [2.75, 3.05) is 53.4 Å². The Kier molecular flexibility index (Phi) is 7.14. The topological polar surface area (TPSA) is 27.7 Å². The van der Waals surface area contributed by atoms with Crippen LogP contribution in [0.5, 0.6) is 5.75 Å². The van der Waals surface area contributed by atoms with Crippen molar-refractivity contribution in [3.63, 3.8) is 0 Å². The molecule has 0 radical (unpaired) electrons. The lowest BCUT2D eigenvalue weighted by molar-refractivity contribution is 0.183. The van der Waals surface area contributed by atoms with Gasteiger partial charge in [-0.25, -0.2) is 0 Å². The van der Waals surface area contributed by atoms with E-state index < -0.39 is 0 Å². The zero-order valence-corrected chi connectivity index (χ0v) is 16.1. The van der Waals surface area contributed by atoms with E-state index in [-0.39, 0.29) is 0 Å². The Morgan fingerprint density at radius 1 is 1.16 bits per heavy atom. The van der Waals surface area contributed by atoms with Crippen LogP contribution < -0.4 is 10.1 Å². The predicted molar refractivity (Wildman–Crippen MR) is 104 cm³/mol. The number of rotatable bonds is 8. The van der Waals surface area contributed by atoms with E-state index in [0.717, 1.165) is 32.0 Å². The molecule has 1 aromatic rings. The van der Waals surface area contributed by atoms with E-state index in [1.54, 1.807) is 0 Å². The number of benzene rings is 1. The van der Waals surface area contributed by atoms with Crippen LogP contribution in [0.25, 0.3) is 0 Å². The molecule has 0 bridgehead atoms. The number of likely N-dealkylation sites (tertiary alicyclic amines) is 1. The molecule has 3 rings (SSSR count).